The van der Waals surface area contributed by atoms with Gasteiger partial charge in [0, 0.05) is 22.7 Å². The van der Waals surface area contributed by atoms with Gasteiger partial charge in [-0.3, -0.25) is 14.4 Å². The molecule has 2 N–H and O–H groups in total. The Labute approximate surface area is 167 Å². The molecular formula is C20H18ClN3O4. The van der Waals surface area contributed by atoms with Gasteiger partial charge in [-0.2, -0.15) is 5.26 Å². The molecular weight excluding hydrogens is 382 g/mol. The van der Waals surface area contributed by atoms with Crippen LogP contribution in [0.15, 0.2) is 48.2 Å². The van der Waals surface area contributed by atoms with Crippen LogP contribution in [0.3, 0.4) is 0 Å². The third-order valence-corrected chi connectivity index (χ3v) is 5.55. The molecule has 1 aromatic rings. The Morgan fingerprint density at radius 2 is 1.93 bits per heavy atom. The number of primary amides is 1. The van der Waals surface area contributed by atoms with Gasteiger partial charge in [0.1, 0.15) is 6.04 Å². The molecule has 2 aliphatic heterocycles. The number of nitrogens with two attached hydrogens (primary N) is 1. The molecule has 2 aliphatic rings. The second-order valence-corrected chi connectivity index (χ2v) is 7.18. The summed E-state index contributed by atoms with van der Waals surface area (Å²) in [6.07, 6.45) is 4.59. The Morgan fingerprint density at radius 1 is 1.29 bits per heavy atom. The van der Waals surface area contributed by atoms with Crippen molar-refractivity contribution in [3.05, 3.63) is 58.8 Å². The van der Waals surface area contributed by atoms with Gasteiger partial charge in [0.15, 0.2) is 11.2 Å². The van der Waals surface area contributed by atoms with Gasteiger partial charge in [0.2, 0.25) is 5.91 Å². The first-order valence-electron chi connectivity index (χ1n) is 8.50. The van der Waals surface area contributed by atoms with Crippen molar-refractivity contribution < 1.29 is 19.1 Å². The van der Waals surface area contributed by atoms with Crippen LogP contribution < -0.4 is 5.73 Å². The molecule has 0 spiro atoms. The molecule has 144 valence electrons. The number of ketones is 1. The van der Waals surface area contributed by atoms with E-state index in [1.165, 1.54) is 25.1 Å². The van der Waals surface area contributed by atoms with Crippen molar-refractivity contribution in [2.24, 2.45) is 11.1 Å². The number of ether oxygens (including phenoxy) is 1. The molecule has 1 aromatic carbocycles. The zero-order valence-electron chi connectivity index (χ0n) is 15.3. The molecule has 4 atom stereocenters. The minimum atomic E-state index is -1.74. The zero-order valence-corrected chi connectivity index (χ0v) is 16.0. The van der Waals surface area contributed by atoms with Crippen LogP contribution in [0.1, 0.15) is 18.4 Å². The summed E-state index contributed by atoms with van der Waals surface area (Å²) in [7, 11) is 1.19. The van der Waals surface area contributed by atoms with Gasteiger partial charge in [0.25, 0.3) is 0 Å². The molecule has 0 aliphatic carbocycles. The summed E-state index contributed by atoms with van der Waals surface area (Å²) in [5.74, 6) is -2.64. The average Bonchev–Trinajstić information content (AvgIpc) is 2.98. The van der Waals surface area contributed by atoms with E-state index in [1.54, 1.807) is 36.4 Å². The number of rotatable bonds is 4. The lowest BCUT2D eigenvalue weighted by atomic mass is 9.68. The van der Waals surface area contributed by atoms with Gasteiger partial charge in [-0.25, -0.2) is 0 Å². The van der Waals surface area contributed by atoms with E-state index in [0.717, 1.165) is 0 Å². The van der Waals surface area contributed by atoms with Gasteiger partial charge in [-0.15, -0.1) is 0 Å². The van der Waals surface area contributed by atoms with Gasteiger partial charge < -0.3 is 15.4 Å². The highest BCUT2D eigenvalue weighted by molar-refractivity contribution is 6.30. The minimum absolute atomic E-state index is 0.214. The van der Waals surface area contributed by atoms with Crippen LogP contribution in [0.4, 0.5) is 0 Å². The van der Waals surface area contributed by atoms with Crippen molar-refractivity contribution in [2.45, 2.75) is 24.9 Å². The van der Waals surface area contributed by atoms with Crippen molar-refractivity contribution in [2.75, 3.05) is 7.11 Å². The number of amides is 1. The maximum absolute atomic E-state index is 12.9. The molecule has 7 nitrogen and oxygen atoms in total. The number of esters is 1. The number of nitriles is 1. The van der Waals surface area contributed by atoms with Crippen LogP contribution in [0, 0.1) is 16.7 Å². The molecule has 3 rings (SSSR count). The SMILES string of the molecule is COC(=O)[C@]1(C#N)[C@H](c2ccc(Cl)cc2)[C@H](C(N)=O)N2C=C(C(C)=O)C=C[C@@H]21. The maximum atomic E-state index is 12.9. The molecule has 28 heavy (non-hydrogen) atoms. The first-order valence-corrected chi connectivity index (χ1v) is 8.88. The van der Waals surface area contributed by atoms with E-state index in [1.807, 2.05) is 0 Å². The standard InChI is InChI=1S/C20H18ClN3O4/c1-11(25)13-5-8-15-20(10-22,19(27)28-2)16(12-3-6-14(21)7-4-12)17(18(23)26)24(15)9-13/h3-9,15-17H,1-2H3,(H2,23,26)/t15-,16-,17-,20+/m1/s1. The van der Waals surface area contributed by atoms with Crippen molar-refractivity contribution in [3.63, 3.8) is 0 Å². The van der Waals surface area contributed by atoms with Crippen LogP contribution in [-0.4, -0.2) is 41.8 Å². The Hall–Kier alpha value is -3.11. The fraction of sp³-hybridized carbons (Fsp3) is 0.300. The van der Waals surface area contributed by atoms with E-state index in [4.69, 9.17) is 22.1 Å². The number of hydrogen-bond donors (Lipinski definition) is 1. The molecule has 0 unspecified atom stereocenters. The normalized spacial score (nSPS) is 28.1. The summed E-state index contributed by atoms with van der Waals surface area (Å²) in [4.78, 5) is 38.7. The summed E-state index contributed by atoms with van der Waals surface area (Å²) in [5.41, 5.74) is 4.84. The number of benzene rings is 1. The fourth-order valence-electron chi connectivity index (χ4n) is 4.06. The van der Waals surface area contributed by atoms with Crippen molar-refractivity contribution in [1.82, 2.24) is 4.90 Å². The molecule has 1 saturated heterocycles. The number of hydrogen-bond acceptors (Lipinski definition) is 6. The van der Waals surface area contributed by atoms with Crippen LogP contribution in [-0.2, 0) is 19.1 Å². The predicted molar refractivity (Wildman–Crippen MR) is 101 cm³/mol. The predicted octanol–water partition coefficient (Wildman–Crippen LogP) is 1.69. The Kier molecular flexibility index (Phi) is 5.01. The van der Waals surface area contributed by atoms with E-state index < -0.39 is 35.3 Å². The summed E-state index contributed by atoms with van der Waals surface area (Å²) >= 11 is 5.97. The molecule has 0 bridgehead atoms. The average molecular weight is 400 g/mol. The Morgan fingerprint density at radius 3 is 2.43 bits per heavy atom. The lowest BCUT2D eigenvalue weighted by molar-refractivity contribution is -0.150. The van der Waals surface area contributed by atoms with E-state index in [0.29, 0.717) is 16.2 Å². The molecule has 1 fully saturated rings. The fourth-order valence-corrected chi connectivity index (χ4v) is 4.18. The third kappa shape index (κ3) is 2.77. The van der Waals surface area contributed by atoms with Crippen molar-refractivity contribution in [1.29, 1.82) is 5.26 Å². The largest absolute Gasteiger partial charge is 0.468 e. The molecule has 8 heteroatoms. The van der Waals surface area contributed by atoms with E-state index in [-0.39, 0.29) is 5.78 Å². The number of methoxy groups -OCH3 is 1. The van der Waals surface area contributed by atoms with Crippen LogP contribution in [0.2, 0.25) is 5.02 Å². The minimum Gasteiger partial charge on any atom is -0.468 e. The smallest absolute Gasteiger partial charge is 0.329 e. The quantitative estimate of drug-likeness (QED) is 0.770. The van der Waals surface area contributed by atoms with Gasteiger partial charge >= 0.3 is 5.97 Å². The highest BCUT2D eigenvalue weighted by atomic mass is 35.5. The van der Waals surface area contributed by atoms with Crippen LogP contribution in [0.25, 0.3) is 0 Å². The number of carbonyl (C=O) groups excluding carboxylic acids is 3. The van der Waals surface area contributed by atoms with E-state index in [2.05, 4.69) is 6.07 Å². The summed E-state index contributed by atoms with van der Waals surface area (Å²) in [5, 5.41) is 10.6. The van der Waals surface area contributed by atoms with Gasteiger partial charge in [-0.1, -0.05) is 35.9 Å². The Bertz CT molecular complexity index is 947. The zero-order chi connectivity index (χ0) is 20.6. The third-order valence-electron chi connectivity index (χ3n) is 5.30. The van der Waals surface area contributed by atoms with Crippen molar-refractivity contribution >= 4 is 29.3 Å². The number of nitrogens with zero attached hydrogens (tertiary/aromatic N) is 2. The van der Waals surface area contributed by atoms with E-state index in [9.17, 15) is 19.6 Å². The second kappa shape index (κ2) is 7.13. The number of fused-ring (bicyclic) bond motifs is 1. The van der Waals surface area contributed by atoms with Crippen LogP contribution in [0.5, 0.6) is 0 Å². The van der Waals surface area contributed by atoms with Crippen molar-refractivity contribution in [3.8, 4) is 6.07 Å². The summed E-state index contributed by atoms with van der Waals surface area (Å²) < 4.78 is 4.97. The highest BCUT2D eigenvalue weighted by Gasteiger charge is 2.66. The summed E-state index contributed by atoms with van der Waals surface area (Å²) in [6.45, 7) is 1.39. The lowest BCUT2D eigenvalue weighted by Gasteiger charge is -2.32. The number of Topliss-reactive ketones (excluding diaryl/α,β-unsaturated/α-hetero) is 1. The molecule has 0 aromatic heterocycles. The maximum Gasteiger partial charge on any atom is 0.329 e. The number of carbonyl (C=O) groups is 3. The van der Waals surface area contributed by atoms with Crippen LogP contribution >= 0.6 is 11.6 Å². The molecule has 1 amide bonds. The topological polar surface area (TPSA) is 113 Å². The second-order valence-electron chi connectivity index (χ2n) is 6.74. The number of halogens is 1. The monoisotopic (exact) mass is 399 g/mol. The molecule has 2 heterocycles. The first kappa shape index (κ1) is 19.6. The summed E-state index contributed by atoms with van der Waals surface area (Å²) in [6, 6.07) is 6.75. The highest BCUT2D eigenvalue weighted by Crippen LogP contribution is 2.53. The molecule has 0 saturated carbocycles. The van der Waals surface area contributed by atoms with E-state index >= 15 is 0 Å². The Balaban J connectivity index is 2.29. The molecule has 0 radical (unpaired) electrons. The van der Waals surface area contributed by atoms with Gasteiger partial charge in [0.05, 0.1) is 19.2 Å². The first-order chi connectivity index (χ1) is 13.3. The number of allylic oxidation sites excluding steroid dienone is 2. The lowest BCUT2D eigenvalue weighted by Crippen LogP contribution is -2.45. The van der Waals surface area contributed by atoms with Gasteiger partial charge in [-0.05, 0) is 24.6 Å².